The van der Waals surface area contributed by atoms with Crippen molar-refractivity contribution in [3.8, 4) is 5.69 Å². The molecule has 7 nitrogen and oxygen atoms in total. The lowest BCUT2D eigenvalue weighted by Crippen LogP contribution is -2.24. The molecule has 0 spiro atoms. The molecule has 2 N–H and O–H groups in total. The van der Waals surface area contributed by atoms with Gasteiger partial charge in [0.25, 0.3) is 0 Å². The first kappa shape index (κ1) is 19.0. The minimum Gasteiger partial charge on any atom is -0.399 e. The third-order valence-corrected chi connectivity index (χ3v) is 4.36. The van der Waals surface area contributed by atoms with Crippen LogP contribution < -0.4 is 11.4 Å². The van der Waals surface area contributed by atoms with Crippen LogP contribution in [0.5, 0.6) is 0 Å². The summed E-state index contributed by atoms with van der Waals surface area (Å²) in [6.07, 6.45) is -4.73. The highest BCUT2D eigenvalue weighted by molar-refractivity contribution is 7.94. The van der Waals surface area contributed by atoms with Gasteiger partial charge in [0.05, 0.1) is 12.2 Å². The number of halogens is 3. The zero-order valence-electron chi connectivity index (χ0n) is 14.0. The maximum Gasteiger partial charge on any atom is 0.533 e. The number of tetrazole rings is 1. The summed E-state index contributed by atoms with van der Waals surface area (Å²) >= 11 is 0.181. The third-order valence-electron chi connectivity index (χ3n) is 3.62. The Morgan fingerprint density at radius 3 is 2.48 bits per heavy atom. The van der Waals surface area contributed by atoms with Crippen molar-refractivity contribution < 1.29 is 17.4 Å². The number of nitrogen functional groups attached to an aromatic ring is 1. The van der Waals surface area contributed by atoms with Gasteiger partial charge in [-0.3, -0.25) is 0 Å². The summed E-state index contributed by atoms with van der Waals surface area (Å²) in [6, 6.07) is 11.1. The van der Waals surface area contributed by atoms with Crippen molar-refractivity contribution in [1.29, 1.82) is 0 Å². The lowest BCUT2D eigenvalue weighted by Gasteiger charge is -2.06. The zero-order valence-corrected chi connectivity index (χ0v) is 14.8. The topological polar surface area (TPSA) is 88.0 Å². The molecule has 3 rings (SSSR count). The molecule has 0 saturated heterocycles. The van der Waals surface area contributed by atoms with Crippen molar-refractivity contribution in [3.63, 3.8) is 0 Å². The average Bonchev–Trinajstić information content (AvgIpc) is 2.97. The lowest BCUT2D eigenvalue weighted by molar-refractivity contribution is -0.266. The quantitative estimate of drug-likeness (QED) is 0.526. The summed E-state index contributed by atoms with van der Waals surface area (Å²) in [5, 5.41) is 7.65. The van der Waals surface area contributed by atoms with Crippen LogP contribution in [0.1, 0.15) is 11.1 Å². The van der Waals surface area contributed by atoms with E-state index in [1.54, 1.807) is 12.1 Å². The fourth-order valence-electron chi connectivity index (χ4n) is 2.28. The average molecular weight is 397 g/mol. The van der Waals surface area contributed by atoms with Crippen molar-refractivity contribution in [2.45, 2.75) is 24.7 Å². The number of benzene rings is 2. The van der Waals surface area contributed by atoms with Gasteiger partial charge in [-0.2, -0.15) is 9.36 Å². The Hall–Kier alpha value is -2.79. The van der Waals surface area contributed by atoms with Crippen LogP contribution in [-0.4, -0.2) is 26.2 Å². The Morgan fingerprint density at radius 1 is 1.15 bits per heavy atom. The molecule has 0 aliphatic rings. The van der Waals surface area contributed by atoms with Crippen LogP contribution in [0.2, 0.25) is 0 Å². The predicted octanol–water partition coefficient (Wildman–Crippen LogP) is 2.91. The normalized spacial score (nSPS) is 11.7. The second kappa shape index (κ2) is 7.45. The van der Waals surface area contributed by atoms with Gasteiger partial charge in [0.15, 0.2) is 0 Å². The molecular weight excluding hydrogens is 383 g/mol. The van der Waals surface area contributed by atoms with E-state index in [1.165, 1.54) is 28.9 Å². The SMILES string of the molecule is Cc1cc(Cn2nnn(-c3ccc(SOC(F)(F)F)cc3)c2=O)ccc1N. The maximum atomic E-state index is 12.5. The highest BCUT2D eigenvalue weighted by Gasteiger charge is 2.30. The van der Waals surface area contributed by atoms with Gasteiger partial charge in [0.1, 0.15) is 0 Å². The summed E-state index contributed by atoms with van der Waals surface area (Å²) in [7, 11) is 0. The number of nitrogens with zero attached hydrogens (tertiary/aromatic N) is 4. The first-order chi connectivity index (χ1) is 12.7. The number of aryl methyl sites for hydroxylation is 1. The summed E-state index contributed by atoms with van der Waals surface area (Å²) in [5.41, 5.74) is 8.06. The molecule has 0 atom stereocenters. The third kappa shape index (κ3) is 4.68. The van der Waals surface area contributed by atoms with E-state index in [0.29, 0.717) is 11.4 Å². The van der Waals surface area contributed by atoms with E-state index in [0.717, 1.165) is 15.8 Å². The summed E-state index contributed by atoms with van der Waals surface area (Å²) in [6.45, 7) is 2.08. The molecule has 1 aromatic heterocycles. The number of anilines is 1. The molecule has 0 aliphatic carbocycles. The minimum absolute atomic E-state index is 0.181. The van der Waals surface area contributed by atoms with Crippen molar-refractivity contribution in [2.24, 2.45) is 0 Å². The van der Waals surface area contributed by atoms with Gasteiger partial charge in [-0.1, -0.05) is 12.1 Å². The second-order valence-corrected chi connectivity index (χ2v) is 6.43. The largest absolute Gasteiger partial charge is 0.533 e. The fourth-order valence-corrected chi connectivity index (χ4v) is 2.72. The minimum atomic E-state index is -4.73. The van der Waals surface area contributed by atoms with Crippen molar-refractivity contribution in [1.82, 2.24) is 19.8 Å². The molecule has 0 bridgehead atoms. The Labute approximate surface area is 155 Å². The van der Waals surface area contributed by atoms with Crippen LogP contribution >= 0.6 is 12.0 Å². The van der Waals surface area contributed by atoms with Crippen molar-refractivity contribution in [3.05, 3.63) is 64.1 Å². The van der Waals surface area contributed by atoms with E-state index >= 15 is 0 Å². The highest BCUT2D eigenvalue weighted by atomic mass is 32.2. The van der Waals surface area contributed by atoms with Gasteiger partial charge < -0.3 is 5.73 Å². The fraction of sp³-hybridized carbons (Fsp3) is 0.188. The molecule has 142 valence electrons. The molecule has 1 heterocycles. The molecule has 0 aliphatic heterocycles. The van der Waals surface area contributed by atoms with Gasteiger partial charge in [0, 0.05) is 22.6 Å². The van der Waals surface area contributed by atoms with E-state index < -0.39 is 12.1 Å². The van der Waals surface area contributed by atoms with E-state index in [9.17, 15) is 18.0 Å². The van der Waals surface area contributed by atoms with Crippen LogP contribution in [-0.2, 0) is 10.7 Å². The van der Waals surface area contributed by atoms with Gasteiger partial charge in [-0.15, -0.1) is 13.2 Å². The number of alkyl halides is 3. The second-order valence-electron chi connectivity index (χ2n) is 5.63. The molecule has 0 radical (unpaired) electrons. The van der Waals surface area contributed by atoms with Crippen LogP contribution in [0.3, 0.4) is 0 Å². The number of hydrogen-bond acceptors (Lipinski definition) is 6. The molecule has 11 heteroatoms. The van der Waals surface area contributed by atoms with E-state index in [4.69, 9.17) is 5.73 Å². The Kier molecular flexibility index (Phi) is 5.24. The maximum absolute atomic E-state index is 12.5. The van der Waals surface area contributed by atoms with Gasteiger partial charge in [0.2, 0.25) is 0 Å². The van der Waals surface area contributed by atoms with Crippen LogP contribution in [0.25, 0.3) is 5.69 Å². The number of nitrogens with two attached hydrogens (primary N) is 1. The van der Waals surface area contributed by atoms with Gasteiger partial charge >= 0.3 is 12.1 Å². The Morgan fingerprint density at radius 2 is 1.85 bits per heavy atom. The van der Waals surface area contributed by atoms with Crippen molar-refractivity contribution in [2.75, 3.05) is 5.73 Å². The predicted molar refractivity (Wildman–Crippen MR) is 93.3 cm³/mol. The molecule has 2 aromatic carbocycles. The van der Waals surface area contributed by atoms with E-state index in [2.05, 4.69) is 14.6 Å². The van der Waals surface area contributed by atoms with Gasteiger partial charge in [-0.25, -0.2) is 8.98 Å². The number of hydrogen-bond donors (Lipinski definition) is 1. The van der Waals surface area contributed by atoms with Crippen molar-refractivity contribution >= 4 is 17.7 Å². The summed E-state index contributed by atoms with van der Waals surface area (Å²) < 4.78 is 42.1. The molecule has 0 fully saturated rings. The summed E-state index contributed by atoms with van der Waals surface area (Å²) in [5.74, 6) is 0. The zero-order chi connectivity index (χ0) is 19.6. The smallest absolute Gasteiger partial charge is 0.399 e. The Bertz CT molecular complexity index is 999. The standard InChI is InChI=1S/C16H14F3N5O2S/c1-10-8-11(2-7-14(10)20)9-23-15(25)24(22-21-23)12-3-5-13(6-4-12)27-26-16(17,18)19/h2-8H,9,20H2,1H3. The van der Waals surface area contributed by atoms with Crippen LogP contribution in [0.15, 0.2) is 52.2 Å². The molecule has 0 unspecified atom stereocenters. The highest BCUT2D eigenvalue weighted by Crippen LogP contribution is 2.29. The van der Waals surface area contributed by atoms with Crippen LogP contribution in [0.4, 0.5) is 18.9 Å². The molecular formula is C16H14F3N5O2S. The lowest BCUT2D eigenvalue weighted by atomic mass is 10.1. The summed E-state index contributed by atoms with van der Waals surface area (Å²) in [4.78, 5) is 12.7. The first-order valence-corrected chi connectivity index (χ1v) is 8.38. The number of aromatic nitrogens is 4. The molecule has 0 amide bonds. The van der Waals surface area contributed by atoms with Crippen LogP contribution in [0, 0.1) is 6.92 Å². The molecule has 0 saturated carbocycles. The molecule has 3 aromatic rings. The first-order valence-electron chi connectivity index (χ1n) is 7.63. The Balaban J connectivity index is 1.76. The molecule has 27 heavy (non-hydrogen) atoms. The number of rotatable bonds is 5. The monoisotopic (exact) mass is 397 g/mol. The van der Waals surface area contributed by atoms with E-state index in [1.807, 2.05) is 13.0 Å². The van der Waals surface area contributed by atoms with Gasteiger partial charge in [-0.05, 0) is 58.8 Å². The van der Waals surface area contributed by atoms with E-state index in [-0.39, 0.29) is 23.5 Å².